The van der Waals surface area contributed by atoms with E-state index in [1.807, 2.05) is 12.1 Å². The highest BCUT2D eigenvalue weighted by molar-refractivity contribution is 6.10. The Labute approximate surface area is 265 Å². The Hall–Kier alpha value is -3.84. The first-order chi connectivity index (χ1) is 20.6. The molecule has 226 valence electrons. The standard InChI is InChI=1S/C36H41N2O4.BrH/c39-36(32-20-22-33(23-21-32)38(40)41)34-18-12-13-19-35(34)42-29-15-8-6-4-2-1-3-5-7-14-26-37-27-24-31(25-28-37)30-16-10-9-11-17-30;/h9-13,16-25,27-28H,1-8,14-15,26,29H2;1H/q+1;/p-1. The van der Waals surface area contributed by atoms with Crippen LogP contribution in [0, 0.1) is 10.1 Å². The van der Waals surface area contributed by atoms with Gasteiger partial charge in [-0.25, -0.2) is 4.57 Å². The number of para-hydroxylation sites is 1. The topological polar surface area (TPSA) is 73.3 Å². The second-order valence-electron chi connectivity index (χ2n) is 10.7. The minimum absolute atomic E-state index is 0. The minimum atomic E-state index is -0.472. The second kappa shape index (κ2) is 18.6. The van der Waals surface area contributed by atoms with Crippen LogP contribution in [-0.4, -0.2) is 17.3 Å². The summed E-state index contributed by atoms with van der Waals surface area (Å²) in [5.41, 5.74) is 3.37. The number of nitro benzene ring substituents is 1. The number of ether oxygens (including phenoxy) is 1. The van der Waals surface area contributed by atoms with E-state index < -0.39 is 4.92 Å². The fourth-order valence-electron chi connectivity index (χ4n) is 5.09. The summed E-state index contributed by atoms with van der Waals surface area (Å²) in [5, 5.41) is 10.9. The van der Waals surface area contributed by atoms with Crippen molar-refractivity contribution in [1.29, 1.82) is 0 Å². The number of nitro groups is 1. The molecule has 3 aromatic carbocycles. The van der Waals surface area contributed by atoms with E-state index in [1.54, 1.807) is 18.2 Å². The highest BCUT2D eigenvalue weighted by Crippen LogP contribution is 2.23. The van der Waals surface area contributed by atoms with E-state index in [9.17, 15) is 14.9 Å². The van der Waals surface area contributed by atoms with Crippen LogP contribution in [0.25, 0.3) is 11.1 Å². The van der Waals surface area contributed by atoms with Crippen molar-refractivity contribution in [2.24, 2.45) is 0 Å². The lowest BCUT2D eigenvalue weighted by atomic mass is 10.0. The van der Waals surface area contributed by atoms with E-state index in [2.05, 4.69) is 53.4 Å². The molecule has 0 aliphatic carbocycles. The van der Waals surface area contributed by atoms with E-state index in [-0.39, 0.29) is 28.5 Å². The molecule has 0 amide bonds. The molecule has 7 heteroatoms. The summed E-state index contributed by atoms with van der Waals surface area (Å²) in [6.45, 7) is 1.64. The Morgan fingerprint density at radius 2 is 1.19 bits per heavy atom. The average Bonchev–Trinajstić information content (AvgIpc) is 3.04. The van der Waals surface area contributed by atoms with Crippen LogP contribution in [0.4, 0.5) is 5.69 Å². The van der Waals surface area contributed by atoms with Crippen molar-refractivity contribution in [2.45, 2.75) is 70.8 Å². The summed E-state index contributed by atoms with van der Waals surface area (Å²) >= 11 is 0. The third-order valence-electron chi connectivity index (χ3n) is 7.54. The van der Waals surface area contributed by atoms with Crippen molar-refractivity contribution >= 4 is 11.5 Å². The molecule has 0 radical (unpaired) electrons. The highest BCUT2D eigenvalue weighted by atomic mass is 79.9. The first kappa shape index (κ1) is 33.7. The quantitative estimate of drug-likeness (QED) is 0.0454. The Bertz CT molecular complexity index is 1390. The second-order valence-corrected chi connectivity index (χ2v) is 10.7. The molecule has 1 heterocycles. The van der Waals surface area contributed by atoms with E-state index in [0.717, 1.165) is 19.4 Å². The predicted molar refractivity (Wildman–Crippen MR) is 167 cm³/mol. The maximum absolute atomic E-state index is 12.9. The number of hydrogen-bond donors (Lipinski definition) is 0. The van der Waals surface area contributed by atoms with Gasteiger partial charge in [0.25, 0.3) is 5.69 Å². The number of carbonyl (C=O) groups is 1. The number of pyridine rings is 1. The smallest absolute Gasteiger partial charge is 0.269 e. The van der Waals surface area contributed by atoms with Crippen molar-refractivity contribution in [1.82, 2.24) is 0 Å². The number of carbonyl (C=O) groups excluding carboxylic acids is 1. The maximum atomic E-state index is 12.9. The van der Waals surface area contributed by atoms with Crippen molar-refractivity contribution in [3.05, 3.63) is 125 Å². The number of halogens is 1. The SMILES string of the molecule is O=C(c1ccc([N+](=O)[O-])cc1)c1ccccc1OCCCCCCCCCCCC[n+]1ccc(-c2ccccc2)cc1.[Br-]. The molecule has 1 aromatic heterocycles. The molecular formula is C36H41BrN2O4. The fourth-order valence-corrected chi connectivity index (χ4v) is 5.09. The van der Waals surface area contributed by atoms with Crippen LogP contribution in [0.2, 0.25) is 0 Å². The first-order valence-electron chi connectivity index (χ1n) is 15.2. The van der Waals surface area contributed by atoms with Gasteiger partial charge in [-0.2, -0.15) is 0 Å². The van der Waals surface area contributed by atoms with Gasteiger partial charge >= 0.3 is 0 Å². The molecule has 0 saturated heterocycles. The van der Waals surface area contributed by atoms with Gasteiger partial charge in [0.15, 0.2) is 18.2 Å². The van der Waals surface area contributed by atoms with Crippen molar-refractivity contribution in [2.75, 3.05) is 6.61 Å². The number of aromatic nitrogens is 1. The van der Waals surface area contributed by atoms with Gasteiger partial charge in [-0.1, -0.05) is 87.4 Å². The molecule has 0 unspecified atom stereocenters. The number of hydrogen-bond acceptors (Lipinski definition) is 4. The number of aryl methyl sites for hydroxylation is 1. The lowest BCUT2D eigenvalue weighted by Gasteiger charge is -2.11. The summed E-state index contributed by atoms with van der Waals surface area (Å²) in [6, 6.07) is 27.8. The Balaban J connectivity index is 0.00000506. The van der Waals surface area contributed by atoms with Crippen LogP contribution in [0.3, 0.4) is 0 Å². The van der Waals surface area contributed by atoms with Crippen LogP contribution in [0.15, 0.2) is 103 Å². The zero-order valence-electron chi connectivity index (χ0n) is 24.7. The number of benzene rings is 3. The molecule has 0 bridgehead atoms. The fraction of sp³-hybridized carbons (Fsp3) is 0.333. The zero-order chi connectivity index (χ0) is 29.4. The van der Waals surface area contributed by atoms with E-state index in [0.29, 0.717) is 23.5 Å². The van der Waals surface area contributed by atoms with Crippen LogP contribution >= 0.6 is 0 Å². The van der Waals surface area contributed by atoms with Gasteiger partial charge in [0.2, 0.25) is 0 Å². The third kappa shape index (κ3) is 11.1. The summed E-state index contributed by atoms with van der Waals surface area (Å²) in [6.07, 6.45) is 16.6. The molecule has 0 spiro atoms. The molecule has 0 fully saturated rings. The van der Waals surface area contributed by atoms with Gasteiger partial charge in [0.05, 0.1) is 17.1 Å². The number of ketones is 1. The molecule has 43 heavy (non-hydrogen) atoms. The van der Waals surface area contributed by atoms with E-state index in [4.69, 9.17) is 4.74 Å². The molecule has 4 aromatic rings. The van der Waals surface area contributed by atoms with Gasteiger partial charge in [-0.15, -0.1) is 0 Å². The largest absolute Gasteiger partial charge is 1.00 e. The van der Waals surface area contributed by atoms with E-state index >= 15 is 0 Å². The van der Waals surface area contributed by atoms with Gasteiger partial charge in [0.1, 0.15) is 12.3 Å². The van der Waals surface area contributed by atoms with Crippen LogP contribution in [0.5, 0.6) is 5.75 Å². The highest BCUT2D eigenvalue weighted by Gasteiger charge is 2.16. The molecule has 0 saturated carbocycles. The number of non-ortho nitro benzene ring substituents is 1. The molecule has 4 rings (SSSR count). The Morgan fingerprint density at radius 1 is 0.651 bits per heavy atom. The molecule has 0 N–H and O–H groups in total. The van der Waals surface area contributed by atoms with Crippen molar-refractivity contribution in [3.63, 3.8) is 0 Å². The van der Waals surface area contributed by atoms with Gasteiger partial charge in [0, 0.05) is 36.2 Å². The number of nitrogens with zero attached hydrogens (tertiary/aromatic N) is 2. The summed E-state index contributed by atoms with van der Waals surface area (Å²) in [4.78, 5) is 23.3. The monoisotopic (exact) mass is 644 g/mol. The predicted octanol–water partition coefficient (Wildman–Crippen LogP) is 5.76. The van der Waals surface area contributed by atoms with Crippen molar-refractivity contribution in [3.8, 4) is 16.9 Å². The number of rotatable bonds is 18. The van der Waals surface area contributed by atoms with Crippen LogP contribution in [0.1, 0.15) is 80.1 Å². The van der Waals surface area contributed by atoms with E-state index in [1.165, 1.54) is 86.8 Å². The molecule has 0 atom stereocenters. The summed E-state index contributed by atoms with van der Waals surface area (Å²) in [5.74, 6) is 0.361. The van der Waals surface area contributed by atoms with Crippen molar-refractivity contribution < 1.29 is 36.0 Å². The maximum Gasteiger partial charge on any atom is 0.269 e. The normalized spacial score (nSPS) is 10.6. The molecular weight excluding hydrogens is 604 g/mol. The first-order valence-corrected chi connectivity index (χ1v) is 15.2. The zero-order valence-corrected chi connectivity index (χ0v) is 26.3. The Kier molecular flexibility index (Phi) is 14.6. The summed E-state index contributed by atoms with van der Waals surface area (Å²) < 4.78 is 8.23. The Morgan fingerprint density at radius 3 is 1.81 bits per heavy atom. The molecule has 0 aliphatic rings. The average molecular weight is 646 g/mol. The third-order valence-corrected chi connectivity index (χ3v) is 7.54. The lowest BCUT2D eigenvalue weighted by molar-refractivity contribution is -0.697. The van der Waals surface area contributed by atoms with Crippen LogP contribution in [-0.2, 0) is 6.54 Å². The van der Waals surface area contributed by atoms with Gasteiger partial charge < -0.3 is 21.7 Å². The molecule has 6 nitrogen and oxygen atoms in total. The van der Waals surface area contributed by atoms with Crippen LogP contribution < -0.4 is 26.3 Å². The number of unbranched alkanes of at least 4 members (excludes halogenated alkanes) is 9. The lowest BCUT2D eigenvalue weighted by Crippen LogP contribution is -3.00. The minimum Gasteiger partial charge on any atom is -1.00 e. The summed E-state index contributed by atoms with van der Waals surface area (Å²) in [7, 11) is 0. The molecule has 0 aliphatic heterocycles. The van der Waals surface area contributed by atoms with Gasteiger partial charge in [-0.05, 0) is 48.2 Å². The van der Waals surface area contributed by atoms with Gasteiger partial charge in [-0.3, -0.25) is 14.9 Å².